The van der Waals surface area contributed by atoms with Crippen LogP contribution in [0.1, 0.15) is 29.6 Å². The second-order valence-electron chi connectivity index (χ2n) is 5.80. The van der Waals surface area contributed by atoms with Gasteiger partial charge < -0.3 is 14.8 Å². The summed E-state index contributed by atoms with van der Waals surface area (Å²) in [4.78, 5) is 0.820. The van der Waals surface area contributed by atoms with Gasteiger partial charge in [0.25, 0.3) is 0 Å². The minimum Gasteiger partial charge on any atom is -0.466 e. The summed E-state index contributed by atoms with van der Waals surface area (Å²) in [5, 5.41) is 13.9. The number of aryl methyl sites for hydroxylation is 2. The molecule has 5 heteroatoms. The zero-order valence-corrected chi connectivity index (χ0v) is 14.3. The molecule has 120 valence electrons. The highest BCUT2D eigenvalue weighted by molar-refractivity contribution is 7.84. The van der Waals surface area contributed by atoms with Crippen molar-refractivity contribution >= 4 is 10.8 Å². The van der Waals surface area contributed by atoms with E-state index in [0.29, 0.717) is 13.1 Å². The van der Waals surface area contributed by atoms with Gasteiger partial charge in [0, 0.05) is 40.6 Å². The maximum absolute atomic E-state index is 11.3. The summed E-state index contributed by atoms with van der Waals surface area (Å²) in [6.07, 6.45) is 1.67. The van der Waals surface area contributed by atoms with Crippen LogP contribution >= 0.6 is 0 Å². The Labute approximate surface area is 134 Å². The smallest absolute Gasteiger partial charge is 0.107 e. The summed E-state index contributed by atoms with van der Waals surface area (Å²) in [6.45, 7) is 6.58. The molecule has 0 aliphatic heterocycles. The van der Waals surface area contributed by atoms with E-state index in [0.717, 1.165) is 27.5 Å². The van der Waals surface area contributed by atoms with Crippen molar-refractivity contribution in [2.75, 3.05) is 12.8 Å². The van der Waals surface area contributed by atoms with E-state index >= 15 is 0 Å². The summed E-state index contributed by atoms with van der Waals surface area (Å²) in [5.41, 5.74) is 0.923. The first-order valence-electron chi connectivity index (χ1n) is 7.22. The van der Waals surface area contributed by atoms with E-state index in [1.165, 1.54) is 0 Å². The van der Waals surface area contributed by atoms with Gasteiger partial charge in [-0.15, -0.1) is 0 Å². The lowest BCUT2D eigenvalue weighted by atomic mass is 9.96. The van der Waals surface area contributed by atoms with E-state index < -0.39 is 16.4 Å². The first-order valence-corrected chi connectivity index (χ1v) is 8.78. The first kappa shape index (κ1) is 16.9. The van der Waals surface area contributed by atoms with Gasteiger partial charge in [-0.1, -0.05) is 12.1 Å². The molecule has 1 aromatic heterocycles. The molecular formula is C17H23NO3S. The molecule has 22 heavy (non-hydrogen) atoms. The van der Waals surface area contributed by atoms with E-state index in [4.69, 9.17) is 4.42 Å². The molecule has 2 atom stereocenters. The lowest BCUT2D eigenvalue weighted by Gasteiger charge is -2.23. The van der Waals surface area contributed by atoms with Gasteiger partial charge in [-0.05, 0) is 44.5 Å². The van der Waals surface area contributed by atoms with Crippen molar-refractivity contribution in [2.45, 2.75) is 37.8 Å². The van der Waals surface area contributed by atoms with Crippen molar-refractivity contribution < 1.29 is 13.7 Å². The number of hydrogen-bond acceptors (Lipinski definition) is 4. The Balaban J connectivity index is 1.95. The Kier molecular flexibility index (Phi) is 5.21. The fourth-order valence-electron chi connectivity index (χ4n) is 2.51. The third kappa shape index (κ3) is 4.06. The average Bonchev–Trinajstić information content (AvgIpc) is 2.79. The van der Waals surface area contributed by atoms with Gasteiger partial charge in [-0.2, -0.15) is 0 Å². The normalized spacial score (nSPS) is 15.5. The molecule has 2 rings (SSSR count). The van der Waals surface area contributed by atoms with Crippen LogP contribution in [0, 0.1) is 13.8 Å². The van der Waals surface area contributed by atoms with Crippen LogP contribution in [0.25, 0.3) is 0 Å². The molecule has 0 fully saturated rings. The number of furan rings is 1. The Morgan fingerprint density at radius 1 is 1.27 bits per heavy atom. The second kappa shape index (κ2) is 6.77. The van der Waals surface area contributed by atoms with Crippen molar-refractivity contribution in [1.29, 1.82) is 0 Å². The Hall–Kier alpha value is -1.43. The third-order valence-electron chi connectivity index (χ3n) is 3.67. The number of hydrogen-bond donors (Lipinski definition) is 2. The van der Waals surface area contributed by atoms with Crippen molar-refractivity contribution in [3.05, 3.63) is 53.0 Å². The molecule has 1 aromatic carbocycles. The highest BCUT2D eigenvalue weighted by Crippen LogP contribution is 2.26. The molecule has 2 aromatic rings. The van der Waals surface area contributed by atoms with Crippen LogP contribution in [0.3, 0.4) is 0 Å². The van der Waals surface area contributed by atoms with Gasteiger partial charge in [0.1, 0.15) is 17.1 Å². The third-order valence-corrected chi connectivity index (χ3v) is 4.61. The standard InChI is InChI=1S/C17H23NO3S/c1-12-9-16(13(2)21-12)17(3,19)11-18-10-14-5-7-15(8-6-14)22(4)20/h5-9,18-19H,10-11H2,1-4H3. The number of rotatable bonds is 6. The fraction of sp³-hybridized carbons (Fsp3) is 0.412. The SMILES string of the molecule is Cc1cc(C(C)(O)CNCc2ccc(S(C)=O)cc2)c(C)o1. The second-order valence-corrected chi connectivity index (χ2v) is 7.18. The first-order chi connectivity index (χ1) is 10.3. The van der Waals surface area contributed by atoms with E-state index in [2.05, 4.69) is 5.32 Å². The minimum atomic E-state index is -0.979. The largest absolute Gasteiger partial charge is 0.466 e. The van der Waals surface area contributed by atoms with Crippen LogP contribution in [0.15, 0.2) is 39.6 Å². The Bertz CT molecular complexity index is 659. The zero-order chi connectivity index (χ0) is 16.3. The quantitative estimate of drug-likeness (QED) is 0.858. The number of aliphatic hydroxyl groups is 1. The molecule has 2 unspecified atom stereocenters. The minimum absolute atomic E-state index is 0.425. The van der Waals surface area contributed by atoms with Gasteiger partial charge in [0.2, 0.25) is 0 Å². The van der Waals surface area contributed by atoms with Crippen molar-refractivity contribution in [1.82, 2.24) is 5.32 Å². The van der Waals surface area contributed by atoms with Gasteiger partial charge >= 0.3 is 0 Å². The Morgan fingerprint density at radius 3 is 2.41 bits per heavy atom. The lowest BCUT2D eigenvalue weighted by molar-refractivity contribution is 0.0552. The predicted molar refractivity (Wildman–Crippen MR) is 88.2 cm³/mol. The van der Waals surface area contributed by atoms with E-state index in [-0.39, 0.29) is 0 Å². The van der Waals surface area contributed by atoms with Crippen LogP contribution in [0.2, 0.25) is 0 Å². The molecule has 0 bridgehead atoms. The topological polar surface area (TPSA) is 62.5 Å². The molecule has 0 saturated heterocycles. The van der Waals surface area contributed by atoms with E-state index in [1.807, 2.05) is 44.2 Å². The molecule has 0 aliphatic rings. The monoisotopic (exact) mass is 321 g/mol. The summed E-state index contributed by atoms with van der Waals surface area (Å²) < 4.78 is 16.8. The molecular weight excluding hydrogens is 298 g/mol. The molecule has 0 radical (unpaired) electrons. The molecule has 0 saturated carbocycles. The number of benzene rings is 1. The van der Waals surface area contributed by atoms with Crippen LogP contribution in [0.5, 0.6) is 0 Å². The molecule has 0 aliphatic carbocycles. The maximum Gasteiger partial charge on any atom is 0.107 e. The molecule has 2 N–H and O–H groups in total. The van der Waals surface area contributed by atoms with Gasteiger partial charge in [-0.3, -0.25) is 4.21 Å². The predicted octanol–water partition coefficient (Wildman–Crippen LogP) is 2.63. The van der Waals surface area contributed by atoms with Gasteiger partial charge in [-0.25, -0.2) is 0 Å². The van der Waals surface area contributed by atoms with Gasteiger partial charge in [0.15, 0.2) is 0 Å². The Morgan fingerprint density at radius 2 is 1.91 bits per heavy atom. The fourth-order valence-corrected chi connectivity index (χ4v) is 3.03. The summed E-state index contributed by atoms with van der Waals surface area (Å²) in [5.74, 6) is 1.55. The van der Waals surface area contributed by atoms with E-state index in [9.17, 15) is 9.32 Å². The average molecular weight is 321 g/mol. The molecule has 0 spiro atoms. The summed E-state index contributed by atoms with van der Waals surface area (Å²) in [6, 6.07) is 9.52. The lowest BCUT2D eigenvalue weighted by Crippen LogP contribution is -2.35. The van der Waals surface area contributed by atoms with Gasteiger partial charge in [0.05, 0.1) is 0 Å². The maximum atomic E-state index is 11.3. The van der Waals surface area contributed by atoms with Crippen LogP contribution < -0.4 is 5.32 Å². The molecule has 4 nitrogen and oxygen atoms in total. The van der Waals surface area contributed by atoms with Crippen molar-refractivity contribution in [2.24, 2.45) is 0 Å². The molecule has 1 heterocycles. The number of nitrogens with one attached hydrogen (secondary N) is 1. The van der Waals surface area contributed by atoms with E-state index in [1.54, 1.807) is 13.2 Å². The summed E-state index contributed by atoms with van der Waals surface area (Å²) >= 11 is 0. The highest BCUT2D eigenvalue weighted by Gasteiger charge is 2.27. The summed E-state index contributed by atoms with van der Waals surface area (Å²) in [7, 11) is -0.953. The van der Waals surface area contributed by atoms with Crippen LogP contribution in [0.4, 0.5) is 0 Å². The highest BCUT2D eigenvalue weighted by atomic mass is 32.2. The van der Waals surface area contributed by atoms with Crippen LogP contribution in [-0.4, -0.2) is 22.1 Å². The zero-order valence-electron chi connectivity index (χ0n) is 13.5. The molecule has 0 amide bonds. The van der Waals surface area contributed by atoms with Crippen molar-refractivity contribution in [3.63, 3.8) is 0 Å². The van der Waals surface area contributed by atoms with Crippen molar-refractivity contribution in [3.8, 4) is 0 Å². The van der Waals surface area contributed by atoms with Crippen LogP contribution in [-0.2, 0) is 22.9 Å².